The molecule has 1 aliphatic rings. The Bertz CT molecular complexity index is 793. The van der Waals surface area contributed by atoms with Crippen LogP contribution < -0.4 is 4.90 Å². The van der Waals surface area contributed by atoms with Crippen LogP contribution in [0.5, 0.6) is 0 Å². The number of hydrogen-bond acceptors (Lipinski definition) is 2. The van der Waals surface area contributed by atoms with E-state index < -0.39 is 0 Å². The van der Waals surface area contributed by atoms with Gasteiger partial charge >= 0.3 is 0 Å². The molecule has 1 unspecified atom stereocenters. The van der Waals surface area contributed by atoms with Gasteiger partial charge in [-0.25, -0.2) is 0 Å². The van der Waals surface area contributed by atoms with Gasteiger partial charge in [0.1, 0.15) is 0 Å². The molecule has 1 aliphatic heterocycles. The quantitative estimate of drug-likeness (QED) is 0.786. The third kappa shape index (κ3) is 3.40. The Morgan fingerprint density at radius 3 is 2.54 bits per heavy atom. The van der Waals surface area contributed by atoms with E-state index in [0.29, 0.717) is 34.3 Å². The molecular weight excluding hydrogens is 343 g/mol. The number of nitrogens with zero attached hydrogens (tertiary/aromatic N) is 2. The monoisotopic (exact) mass is 358 g/mol. The molecule has 1 saturated heterocycles. The second kappa shape index (κ2) is 7.25. The first-order chi connectivity index (χ1) is 11.6. The smallest absolute Gasteiger partial charge is 0.227 e. The van der Waals surface area contributed by atoms with Crippen LogP contribution in [0.2, 0.25) is 10.0 Å². The van der Waals surface area contributed by atoms with Gasteiger partial charge in [-0.15, -0.1) is 0 Å². The highest BCUT2D eigenvalue weighted by atomic mass is 35.5. The summed E-state index contributed by atoms with van der Waals surface area (Å²) in [5, 5.41) is 10.2. The fourth-order valence-corrected chi connectivity index (χ4v) is 3.76. The zero-order valence-electron chi connectivity index (χ0n) is 13.0. The highest BCUT2D eigenvalue weighted by Gasteiger charge is 2.29. The first-order valence-corrected chi connectivity index (χ1v) is 8.58. The molecule has 0 radical (unpaired) electrons. The Morgan fingerprint density at radius 1 is 1.12 bits per heavy atom. The van der Waals surface area contributed by atoms with Crippen molar-refractivity contribution in [1.29, 1.82) is 5.26 Å². The third-order valence-corrected chi connectivity index (χ3v) is 4.97. The molecule has 0 aromatic heterocycles. The van der Waals surface area contributed by atoms with Crippen molar-refractivity contribution >= 4 is 34.8 Å². The average Bonchev–Trinajstić information content (AvgIpc) is 2.58. The number of halogens is 2. The molecule has 0 spiro atoms. The van der Waals surface area contributed by atoms with Gasteiger partial charge in [-0.1, -0.05) is 47.5 Å². The molecule has 0 bridgehead atoms. The van der Waals surface area contributed by atoms with Crippen molar-refractivity contribution in [3.63, 3.8) is 0 Å². The standard InChI is InChI=1S/C19H16Cl2N2O/c20-16-6-3-7-17(21)19(16)23-12-13(8-9-18(23)24)10-14-4-1-2-5-15(14)11-22/h1-7,13H,8-10,12H2. The number of para-hydroxylation sites is 1. The fraction of sp³-hybridized carbons (Fsp3) is 0.263. The van der Waals surface area contributed by atoms with Crippen molar-refractivity contribution in [3.8, 4) is 6.07 Å². The van der Waals surface area contributed by atoms with Gasteiger partial charge in [0, 0.05) is 13.0 Å². The summed E-state index contributed by atoms with van der Waals surface area (Å²) in [5.41, 5.74) is 2.30. The fourth-order valence-electron chi connectivity index (χ4n) is 3.16. The maximum atomic E-state index is 12.4. The van der Waals surface area contributed by atoms with Crippen molar-refractivity contribution < 1.29 is 4.79 Å². The van der Waals surface area contributed by atoms with E-state index in [1.165, 1.54) is 0 Å². The summed E-state index contributed by atoms with van der Waals surface area (Å²) in [5.74, 6) is 0.305. The normalized spacial score (nSPS) is 17.6. The molecule has 1 heterocycles. The van der Waals surface area contributed by atoms with Gasteiger partial charge in [0.2, 0.25) is 5.91 Å². The Labute approximate surface area is 151 Å². The summed E-state index contributed by atoms with van der Waals surface area (Å²) in [6.45, 7) is 0.558. The van der Waals surface area contributed by atoms with Crippen molar-refractivity contribution in [2.75, 3.05) is 11.4 Å². The minimum absolute atomic E-state index is 0.0369. The first-order valence-electron chi connectivity index (χ1n) is 7.82. The van der Waals surface area contributed by atoms with Gasteiger partial charge in [-0.2, -0.15) is 5.26 Å². The Morgan fingerprint density at radius 2 is 1.83 bits per heavy atom. The molecular formula is C19H16Cl2N2O. The van der Waals surface area contributed by atoms with Gasteiger partial charge in [0.25, 0.3) is 0 Å². The number of anilines is 1. The molecule has 0 saturated carbocycles. The number of nitriles is 1. The summed E-state index contributed by atoms with van der Waals surface area (Å²) >= 11 is 12.5. The molecule has 24 heavy (non-hydrogen) atoms. The largest absolute Gasteiger partial charge is 0.309 e. The van der Waals surface area contributed by atoms with E-state index in [-0.39, 0.29) is 11.8 Å². The summed E-state index contributed by atoms with van der Waals surface area (Å²) in [6, 6.07) is 15.1. The van der Waals surface area contributed by atoms with Crippen LogP contribution in [0.4, 0.5) is 5.69 Å². The topological polar surface area (TPSA) is 44.1 Å². The maximum absolute atomic E-state index is 12.4. The van der Waals surface area contributed by atoms with E-state index in [4.69, 9.17) is 23.2 Å². The highest BCUT2D eigenvalue weighted by Crippen LogP contribution is 2.37. The minimum Gasteiger partial charge on any atom is -0.309 e. The number of carbonyl (C=O) groups excluding carboxylic acids is 1. The molecule has 122 valence electrons. The predicted octanol–water partition coefficient (Wildman–Crippen LogP) is 4.85. The van der Waals surface area contributed by atoms with Crippen LogP contribution in [0.1, 0.15) is 24.0 Å². The molecule has 2 aromatic rings. The lowest BCUT2D eigenvalue weighted by Gasteiger charge is -2.33. The molecule has 2 aromatic carbocycles. The van der Waals surface area contributed by atoms with Crippen molar-refractivity contribution in [3.05, 3.63) is 63.6 Å². The summed E-state index contributed by atoms with van der Waals surface area (Å²) < 4.78 is 0. The Kier molecular flexibility index (Phi) is 5.08. The maximum Gasteiger partial charge on any atom is 0.227 e. The van der Waals surface area contributed by atoms with Gasteiger partial charge in [-0.05, 0) is 42.5 Å². The van der Waals surface area contributed by atoms with E-state index in [1.54, 1.807) is 23.1 Å². The van der Waals surface area contributed by atoms with E-state index in [1.807, 2.05) is 24.3 Å². The lowest BCUT2D eigenvalue weighted by atomic mass is 9.89. The highest BCUT2D eigenvalue weighted by molar-refractivity contribution is 6.39. The van der Waals surface area contributed by atoms with Gasteiger partial charge in [-0.3, -0.25) is 4.79 Å². The number of piperidine rings is 1. The van der Waals surface area contributed by atoms with Crippen molar-refractivity contribution in [1.82, 2.24) is 0 Å². The van der Waals surface area contributed by atoms with Crippen LogP contribution in [-0.4, -0.2) is 12.5 Å². The molecule has 3 rings (SSSR count). The summed E-state index contributed by atoms with van der Waals surface area (Å²) in [6.07, 6.45) is 2.02. The Balaban J connectivity index is 1.84. The third-order valence-electron chi connectivity index (χ3n) is 4.36. The zero-order chi connectivity index (χ0) is 17.1. The average molecular weight is 359 g/mol. The molecule has 3 nitrogen and oxygen atoms in total. The molecule has 0 aliphatic carbocycles. The second-order valence-electron chi connectivity index (χ2n) is 5.95. The van der Waals surface area contributed by atoms with Crippen LogP contribution >= 0.6 is 23.2 Å². The van der Waals surface area contributed by atoms with Crippen LogP contribution in [-0.2, 0) is 11.2 Å². The van der Waals surface area contributed by atoms with Crippen molar-refractivity contribution in [2.45, 2.75) is 19.3 Å². The minimum atomic E-state index is 0.0369. The molecule has 1 atom stereocenters. The van der Waals surface area contributed by atoms with E-state index in [0.717, 1.165) is 18.4 Å². The number of carbonyl (C=O) groups is 1. The number of benzene rings is 2. The van der Waals surface area contributed by atoms with Gasteiger partial charge in [0.05, 0.1) is 27.4 Å². The van der Waals surface area contributed by atoms with Crippen LogP contribution in [0.3, 0.4) is 0 Å². The van der Waals surface area contributed by atoms with Crippen molar-refractivity contribution in [2.24, 2.45) is 5.92 Å². The lowest BCUT2D eigenvalue weighted by Crippen LogP contribution is -2.41. The van der Waals surface area contributed by atoms with E-state index in [2.05, 4.69) is 6.07 Å². The zero-order valence-corrected chi connectivity index (χ0v) is 14.5. The summed E-state index contributed by atoms with van der Waals surface area (Å²) in [4.78, 5) is 14.1. The Hall–Kier alpha value is -2.02. The number of rotatable bonds is 3. The summed E-state index contributed by atoms with van der Waals surface area (Å²) in [7, 11) is 0. The molecule has 5 heteroatoms. The van der Waals surface area contributed by atoms with Crippen LogP contribution in [0, 0.1) is 17.2 Å². The van der Waals surface area contributed by atoms with Crippen LogP contribution in [0.25, 0.3) is 0 Å². The van der Waals surface area contributed by atoms with E-state index >= 15 is 0 Å². The molecule has 0 N–H and O–H groups in total. The SMILES string of the molecule is N#Cc1ccccc1CC1CCC(=O)N(c2c(Cl)cccc2Cl)C1. The number of hydrogen-bond donors (Lipinski definition) is 0. The van der Waals surface area contributed by atoms with Gasteiger partial charge in [0.15, 0.2) is 0 Å². The lowest BCUT2D eigenvalue weighted by molar-refractivity contribution is -0.120. The van der Waals surface area contributed by atoms with Gasteiger partial charge < -0.3 is 4.90 Å². The van der Waals surface area contributed by atoms with Crippen LogP contribution in [0.15, 0.2) is 42.5 Å². The molecule has 1 fully saturated rings. The molecule has 1 amide bonds. The first kappa shape index (κ1) is 16.8. The van der Waals surface area contributed by atoms with E-state index in [9.17, 15) is 10.1 Å². The predicted molar refractivity (Wildman–Crippen MR) is 96.4 cm³/mol. The second-order valence-corrected chi connectivity index (χ2v) is 6.77. The number of amides is 1.